The Balaban J connectivity index is 2.10. The first-order chi connectivity index (χ1) is 7.65. The van der Waals surface area contributed by atoms with Crippen LogP contribution in [0.5, 0.6) is 0 Å². The highest BCUT2D eigenvalue weighted by atomic mass is 127. The monoisotopic (exact) mass is 426 g/mol. The van der Waals surface area contributed by atoms with E-state index in [2.05, 4.69) is 56.0 Å². The second-order valence-corrected chi connectivity index (χ2v) is 7.83. The van der Waals surface area contributed by atoms with Gasteiger partial charge in [-0.3, -0.25) is 0 Å². The van der Waals surface area contributed by atoms with Gasteiger partial charge in [0.25, 0.3) is 0 Å². The molecule has 2 aromatic rings. The molecular formula is C12H9BrClIS. The van der Waals surface area contributed by atoms with Gasteiger partial charge in [-0.25, -0.2) is 0 Å². The van der Waals surface area contributed by atoms with E-state index in [0.29, 0.717) is 4.83 Å². The Labute approximate surface area is 126 Å². The molecule has 1 atom stereocenters. The summed E-state index contributed by atoms with van der Waals surface area (Å²) in [6.45, 7) is 0. The molecule has 84 valence electrons. The van der Waals surface area contributed by atoms with Gasteiger partial charge in [-0.05, 0) is 63.7 Å². The van der Waals surface area contributed by atoms with Crippen molar-refractivity contribution in [2.45, 2.75) is 11.2 Å². The fraction of sp³-hybridized carbons (Fsp3) is 0.167. The molecule has 0 spiro atoms. The van der Waals surface area contributed by atoms with E-state index in [0.717, 1.165) is 11.4 Å². The van der Waals surface area contributed by atoms with Crippen LogP contribution >= 0.6 is 61.5 Å². The first-order valence-electron chi connectivity index (χ1n) is 4.77. The first-order valence-corrected chi connectivity index (χ1v) is 8.03. The maximum Gasteiger partial charge on any atom is 0.0656 e. The average molecular weight is 428 g/mol. The maximum absolute atomic E-state index is 5.96. The zero-order valence-electron chi connectivity index (χ0n) is 8.29. The largest absolute Gasteiger partial charge is 0.137 e. The van der Waals surface area contributed by atoms with Gasteiger partial charge in [0, 0.05) is 9.85 Å². The van der Waals surface area contributed by atoms with Crippen LogP contribution in [0.2, 0.25) is 5.02 Å². The summed E-state index contributed by atoms with van der Waals surface area (Å²) in [6, 6.07) is 10.2. The smallest absolute Gasteiger partial charge is 0.0656 e. The molecule has 0 aliphatic rings. The average Bonchev–Trinajstić information content (AvgIpc) is 2.65. The molecule has 0 aliphatic carbocycles. The lowest BCUT2D eigenvalue weighted by Crippen LogP contribution is -1.93. The van der Waals surface area contributed by atoms with E-state index >= 15 is 0 Å². The van der Waals surface area contributed by atoms with E-state index < -0.39 is 0 Å². The zero-order valence-corrected chi connectivity index (χ0v) is 13.6. The van der Waals surface area contributed by atoms with Gasteiger partial charge in [-0.15, -0.1) is 11.3 Å². The summed E-state index contributed by atoms with van der Waals surface area (Å²) in [5, 5.41) is 3.00. The van der Waals surface area contributed by atoms with E-state index in [1.165, 1.54) is 14.0 Å². The molecule has 2 rings (SSSR count). The zero-order chi connectivity index (χ0) is 11.5. The molecule has 1 heterocycles. The van der Waals surface area contributed by atoms with Crippen molar-refractivity contribution < 1.29 is 0 Å². The molecule has 0 fully saturated rings. The minimum atomic E-state index is 0.366. The number of hydrogen-bond donors (Lipinski definition) is 0. The Kier molecular flexibility index (Phi) is 4.70. The summed E-state index contributed by atoms with van der Waals surface area (Å²) in [7, 11) is 0. The van der Waals surface area contributed by atoms with Crippen molar-refractivity contribution in [2.75, 3.05) is 0 Å². The Morgan fingerprint density at radius 3 is 2.81 bits per heavy atom. The number of rotatable bonds is 3. The van der Waals surface area contributed by atoms with Gasteiger partial charge in [0.1, 0.15) is 0 Å². The van der Waals surface area contributed by atoms with Crippen molar-refractivity contribution in [3.63, 3.8) is 0 Å². The normalized spacial score (nSPS) is 12.7. The van der Waals surface area contributed by atoms with Crippen molar-refractivity contribution in [1.29, 1.82) is 0 Å². The predicted molar refractivity (Wildman–Crippen MR) is 83.9 cm³/mol. The van der Waals surface area contributed by atoms with Crippen molar-refractivity contribution in [1.82, 2.24) is 0 Å². The molecule has 0 radical (unpaired) electrons. The third kappa shape index (κ3) is 3.45. The number of benzene rings is 1. The third-order valence-electron chi connectivity index (χ3n) is 2.25. The van der Waals surface area contributed by atoms with Gasteiger partial charge < -0.3 is 0 Å². The lowest BCUT2D eigenvalue weighted by molar-refractivity contribution is 0.954. The van der Waals surface area contributed by atoms with Crippen molar-refractivity contribution in [3.8, 4) is 0 Å². The molecular weight excluding hydrogens is 418 g/mol. The van der Waals surface area contributed by atoms with E-state index in [4.69, 9.17) is 11.6 Å². The quantitative estimate of drug-likeness (QED) is 0.436. The SMILES string of the molecule is Clc1cccc(CC(Br)c2csc(I)c2)c1. The van der Waals surface area contributed by atoms with E-state index in [1.54, 1.807) is 11.3 Å². The number of halogens is 3. The fourth-order valence-electron chi connectivity index (χ4n) is 1.48. The lowest BCUT2D eigenvalue weighted by atomic mass is 10.1. The summed E-state index contributed by atoms with van der Waals surface area (Å²) in [6.07, 6.45) is 0.966. The first kappa shape index (κ1) is 12.9. The summed E-state index contributed by atoms with van der Waals surface area (Å²) < 4.78 is 1.32. The minimum Gasteiger partial charge on any atom is -0.137 e. The Bertz CT molecular complexity index is 483. The van der Waals surface area contributed by atoms with Crippen molar-refractivity contribution in [3.05, 3.63) is 54.7 Å². The van der Waals surface area contributed by atoms with E-state index in [1.807, 2.05) is 18.2 Å². The molecule has 1 aromatic carbocycles. The van der Waals surface area contributed by atoms with Crippen LogP contribution < -0.4 is 0 Å². The van der Waals surface area contributed by atoms with Crippen LogP contribution in [0, 0.1) is 2.88 Å². The summed E-state index contributed by atoms with van der Waals surface area (Å²) in [4.78, 5) is 0.366. The summed E-state index contributed by atoms with van der Waals surface area (Å²) >= 11 is 13.8. The van der Waals surface area contributed by atoms with Crippen LogP contribution in [-0.2, 0) is 6.42 Å². The standard InChI is InChI=1S/C12H9BrClIS/c13-11(9-6-12(15)16-7-9)5-8-2-1-3-10(14)4-8/h1-4,6-7,11H,5H2. The van der Waals surface area contributed by atoms with Crippen molar-refractivity contribution in [2.24, 2.45) is 0 Å². The molecule has 0 aliphatic heterocycles. The number of alkyl halides is 1. The number of hydrogen-bond acceptors (Lipinski definition) is 1. The van der Waals surface area contributed by atoms with Crippen molar-refractivity contribution >= 4 is 61.5 Å². The van der Waals surface area contributed by atoms with Crippen LogP contribution in [0.4, 0.5) is 0 Å². The second kappa shape index (κ2) is 5.85. The number of thiophene rings is 1. The van der Waals surface area contributed by atoms with Gasteiger partial charge in [-0.2, -0.15) is 0 Å². The van der Waals surface area contributed by atoms with Crippen LogP contribution in [0.15, 0.2) is 35.7 Å². The van der Waals surface area contributed by atoms with Gasteiger partial charge in [0.2, 0.25) is 0 Å². The van der Waals surface area contributed by atoms with Gasteiger partial charge in [0.15, 0.2) is 0 Å². The highest BCUT2D eigenvalue weighted by molar-refractivity contribution is 14.1. The molecule has 4 heteroatoms. The highest BCUT2D eigenvalue weighted by Crippen LogP contribution is 2.31. The highest BCUT2D eigenvalue weighted by Gasteiger charge is 2.10. The fourth-order valence-corrected chi connectivity index (χ4v) is 3.93. The molecule has 0 saturated carbocycles. The van der Waals surface area contributed by atoms with Gasteiger partial charge in [-0.1, -0.05) is 39.7 Å². The van der Waals surface area contributed by atoms with Crippen LogP contribution in [-0.4, -0.2) is 0 Å². The van der Waals surface area contributed by atoms with E-state index in [-0.39, 0.29) is 0 Å². The minimum absolute atomic E-state index is 0.366. The van der Waals surface area contributed by atoms with Crippen LogP contribution in [0.1, 0.15) is 16.0 Å². The van der Waals surface area contributed by atoms with Crippen LogP contribution in [0.25, 0.3) is 0 Å². The molecule has 1 aromatic heterocycles. The lowest BCUT2D eigenvalue weighted by Gasteiger charge is -2.08. The molecule has 0 bridgehead atoms. The maximum atomic E-state index is 5.96. The summed E-state index contributed by atoms with van der Waals surface area (Å²) in [5.74, 6) is 0. The van der Waals surface area contributed by atoms with E-state index in [9.17, 15) is 0 Å². The molecule has 1 unspecified atom stereocenters. The molecule has 0 saturated heterocycles. The Hall–Kier alpha value is 0.420. The van der Waals surface area contributed by atoms with Gasteiger partial charge in [0.05, 0.1) is 2.88 Å². The Morgan fingerprint density at radius 2 is 2.19 bits per heavy atom. The molecule has 0 nitrogen and oxygen atoms in total. The molecule has 0 amide bonds. The predicted octanol–water partition coefficient (Wildman–Crippen LogP) is 5.68. The topological polar surface area (TPSA) is 0 Å². The molecule has 0 N–H and O–H groups in total. The van der Waals surface area contributed by atoms with Gasteiger partial charge >= 0.3 is 0 Å². The second-order valence-electron chi connectivity index (χ2n) is 3.49. The third-order valence-corrected chi connectivity index (χ3v) is 5.15. The molecule has 16 heavy (non-hydrogen) atoms. The Morgan fingerprint density at radius 1 is 1.38 bits per heavy atom. The summed E-state index contributed by atoms with van der Waals surface area (Å²) in [5.41, 5.74) is 2.60. The van der Waals surface area contributed by atoms with Crippen LogP contribution in [0.3, 0.4) is 0 Å².